The molecule has 88 valence electrons. The fraction of sp³-hybridized carbons (Fsp3) is 0.455. The second kappa shape index (κ2) is 4.82. The van der Waals surface area contributed by atoms with Gasteiger partial charge in [-0.3, -0.25) is 9.59 Å². The van der Waals surface area contributed by atoms with Gasteiger partial charge in [-0.25, -0.2) is 0 Å². The number of rotatable bonds is 3. The molecular formula is C11H15BrN2O2. The molecule has 5 heteroatoms. The number of hydrogen-bond donors (Lipinski definition) is 2. The van der Waals surface area contributed by atoms with E-state index in [9.17, 15) is 9.59 Å². The highest BCUT2D eigenvalue weighted by molar-refractivity contribution is 9.09. The van der Waals surface area contributed by atoms with Crippen molar-refractivity contribution in [3.63, 3.8) is 0 Å². The molecule has 2 N–H and O–H groups in total. The second-order valence-corrected chi connectivity index (χ2v) is 5.61. The van der Waals surface area contributed by atoms with Crippen molar-refractivity contribution >= 4 is 21.8 Å². The molecule has 0 spiro atoms. The first-order chi connectivity index (χ1) is 7.33. The zero-order valence-electron chi connectivity index (χ0n) is 9.50. The van der Waals surface area contributed by atoms with Gasteiger partial charge in [-0.15, -0.1) is 0 Å². The summed E-state index contributed by atoms with van der Waals surface area (Å²) < 4.78 is 0. The molecule has 0 aliphatic carbocycles. The monoisotopic (exact) mass is 286 g/mol. The maximum absolute atomic E-state index is 11.8. The lowest BCUT2D eigenvalue weighted by Gasteiger charge is -2.29. The number of aromatic amines is 1. The third-order valence-electron chi connectivity index (χ3n) is 2.48. The summed E-state index contributed by atoms with van der Waals surface area (Å²) in [5.74, 6) is -0.201. The van der Waals surface area contributed by atoms with E-state index in [2.05, 4.69) is 26.2 Å². The molecule has 1 atom stereocenters. The zero-order chi connectivity index (χ0) is 12.3. The van der Waals surface area contributed by atoms with Crippen LogP contribution in [0.2, 0.25) is 0 Å². The van der Waals surface area contributed by atoms with Gasteiger partial charge in [-0.05, 0) is 19.9 Å². The van der Waals surface area contributed by atoms with Gasteiger partial charge in [0.25, 0.3) is 5.91 Å². The minimum atomic E-state index is -0.354. The Bertz CT molecular complexity index is 417. The van der Waals surface area contributed by atoms with Crippen molar-refractivity contribution in [1.29, 1.82) is 0 Å². The van der Waals surface area contributed by atoms with Crippen LogP contribution < -0.4 is 10.9 Å². The van der Waals surface area contributed by atoms with E-state index < -0.39 is 0 Å². The van der Waals surface area contributed by atoms with E-state index in [4.69, 9.17) is 0 Å². The number of alkyl halides is 1. The maximum atomic E-state index is 11.8. The van der Waals surface area contributed by atoms with Crippen LogP contribution in [0.3, 0.4) is 0 Å². The molecular weight excluding hydrogens is 272 g/mol. The van der Waals surface area contributed by atoms with E-state index in [0.29, 0.717) is 5.56 Å². The summed E-state index contributed by atoms with van der Waals surface area (Å²) in [4.78, 5) is 25.3. The molecule has 0 saturated heterocycles. The molecule has 0 aliphatic rings. The Labute approximate surface area is 103 Å². The van der Waals surface area contributed by atoms with Crippen LogP contribution in [-0.2, 0) is 0 Å². The first kappa shape index (κ1) is 13.0. The molecule has 0 aliphatic heterocycles. The summed E-state index contributed by atoms with van der Waals surface area (Å²) >= 11 is 3.44. The van der Waals surface area contributed by atoms with Crippen LogP contribution in [0.4, 0.5) is 0 Å². The van der Waals surface area contributed by atoms with E-state index in [-0.39, 0.29) is 21.8 Å². The number of carbonyl (C=O) groups is 1. The SMILES string of the molecule is CC(Br)C(C)(C)NC(=O)c1ccc(=O)[nH]c1. The van der Waals surface area contributed by atoms with Gasteiger partial charge in [0.1, 0.15) is 0 Å². The molecule has 1 rings (SSSR count). The molecule has 1 heterocycles. The summed E-state index contributed by atoms with van der Waals surface area (Å²) in [6, 6.07) is 2.84. The Balaban J connectivity index is 2.80. The van der Waals surface area contributed by atoms with Crippen LogP contribution in [0.1, 0.15) is 31.1 Å². The van der Waals surface area contributed by atoms with Crippen LogP contribution >= 0.6 is 15.9 Å². The molecule has 1 unspecified atom stereocenters. The number of nitrogens with one attached hydrogen (secondary N) is 2. The van der Waals surface area contributed by atoms with Gasteiger partial charge in [-0.2, -0.15) is 0 Å². The van der Waals surface area contributed by atoms with Gasteiger partial charge < -0.3 is 10.3 Å². The van der Waals surface area contributed by atoms with Gasteiger partial charge in [0, 0.05) is 22.6 Å². The molecule has 1 aromatic heterocycles. The van der Waals surface area contributed by atoms with E-state index in [1.807, 2.05) is 20.8 Å². The van der Waals surface area contributed by atoms with Gasteiger partial charge in [-0.1, -0.05) is 22.9 Å². The number of halogens is 1. The number of H-pyrrole nitrogens is 1. The molecule has 0 radical (unpaired) electrons. The fourth-order valence-electron chi connectivity index (χ4n) is 1.02. The Hall–Kier alpha value is -1.10. The van der Waals surface area contributed by atoms with Crippen molar-refractivity contribution in [2.24, 2.45) is 0 Å². The summed E-state index contributed by atoms with van der Waals surface area (Å²) in [5, 5.41) is 2.88. The largest absolute Gasteiger partial charge is 0.346 e. The van der Waals surface area contributed by atoms with Gasteiger partial charge in [0.2, 0.25) is 5.56 Å². The Morgan fingerprint density at radius 3 is 2.56 bits per heavy atom. The number of aromatic nitrogens is 1. The average Bonchev–Trinajstić information content (AvgIpc) is 2.17. The molecule has 1 aromatic rings. The van der Waals surface area contributed by atoms with E-state index >= 15 is 0 Å². The Morgan fingerprint density at radius 2 is 2.12 bits per heavy atom. The van der Waals surface area contributed by atoms with Crippen molar-refractivity contribution in [2.75, 3.05) is 0 Å². The predicted molar refractivity (Wildman–Crippen MR) is 67.0 cm³/mol. The zero-order valence-corrected chi connectivity index (χ0v) is 11.1. The second-order valence-electron chi connectivity index (χ2n) is 4.23. The average molecular weight is 287 g/mol. The Kier molecular flexibility index (Phi) is 3.91. The highest BCUT2D eigenvalue weighted by atomic mass is 79.9. The van der Waals surface area contributed by atoms with E-state index in [0.717, 1.165) is 0 Å². The fourth-order valence-corrected chi connectivity index (χ4v) is 1.13. The minimum absolute atomic E-state index is 0.145. The third kappa shape index (κ3) is 3.20. The van der Waals surface area contributed by atoms with Gasteiger partial charge in [0.05, 0.1) is 5.56 Å². The van der Waals surface area contributed by atoms with Crippen LogP contribution in [0.5, 0.6) is 0 Å². The van der Waals surface area contributed by atoms with E-state index in [1.165, 1.54) is 18.3 Å². The number of amides is 1. The molecule has 4 nitrogen and oxygen atoms in total. The van der Waals surface area contributed by atoms with Crippen LogP contribution in [-0.4, -0.2) is 21.3 Å². The van der Waals surface area contributed by atoms with Crippen molar-refractivity contribution < 1.29 is 4.79 Å². The molecule has 16 heavy (non-hydrogen) atoms. The predicted octanol–water partition coefficient (Wildman–Crippen LogP) is 1.67. The van der Waals surface area contributed by atoms with Crippen molar-refractivity contribution in [3.8, 4) is 0 Å². The van der Waals surface area contributed by atoms with Crippen molar-refractivity contribution in [2.45, 2.75) is 31.1 Å². The Morgan fingerprint density at radius 1 is 1.50 bits per heavy atom. The van der Waals surface area contributed by atoms with Crippen molar-refractivity contribution in [1.82, 2.24) is 10.3 Å². The number of pyridine rings is 1. The minimum Gasteiger partial charge on any atom is -0.346 e. The van der Waals surface area contributed by atoms with Crippen LogP contribution in [0.15, 0.2) is 23.1 Å². The van der Waals surface area contributed by atoms with E-state index in [1.54, 1.807) is 0 Å². The normalized spacial score (nSPS) is 13.2. The van der Waals surface area contributed by atoms with Crippen LogP contribution in [0.25, 0.3) is 0 Å². The molecule has 0 saturated carbocycles. The maximum Gasteiger partial charge on any atom is 0.253 e. The summed E-state index contributed by atoms with van der Waals surface area (Å²) in [5.41, 5.74) is -0.127. The topological polar surface area (TPSA) is 62.0 Å². The summed E-state index contributed by atoms with van der Waals surface area (Å²) in [6.07, 6.45) is 1.41. The van der Waals surface area contributed by atoms with Gasteiger partial charge in [0.15, 0.2) is 0 Å². The molecule has 1 amide bonds. The molecule has 0 aromatic carbocycles. The highest BCUT2D eigenvalue weighted by Gasteiger charge is 2.26. The number of carbonyl (C=O) groups excluding carboxylic acids is 1. The lowest BCUT2D eigenvalue weighted by molar-refractivity contribution is 0.0913. The lowest BCUT2D eigenvalue weighted by atomic mass is 10.0. The number of hydrogen-bond acceptors (Lipinski definition) is 2. The highest BCUT2D eigenvalue weighted by Crippen LogP contribution is 2.17. The first-order valence-electron chi connectivity index (χ1n) is 4.98. The quantitative estimate of drug-likeness (QED) is 0.831. The lowest BCUT2D eigenvalue weighted by Crippen LogP contribution is -2.48. The van der Waals surface area contributed by atoms with Crippen molar-refractivity contribution in [3.05, 3.63) is 34.2 Å². The summed E-state index contributed by atoms with van der Waals surface area (Å²) in [7, 11) is 0. The van der Waals surface area contributed by atoms with Gasteiger partial charge >= 0.3 is 0 Å². The smallest absolute Gasteiger partial charge is 0.253 e. The molecule has 0 fully saturated rings. The van der Waals surface area contributed by atoms with Crippen LogP contribution in [0, 0.1) is 0 Å². The standard InChI is InChI=1S/C11H15BrN2O2/c1-7(12)11(2,3)14-10(16)8-4-5-9(15)13-6-8/h4-7H,1-3H3,(H,13,15)(H,14,16). The third-order valence-corrected chi connectivity index (χ3v) is 3.62. The first-order valence-corrected chi connectivity index (χ1v) is 5.90. The summed E-state index contributed by atoms with van der Waals surface area (Å²) in [6.45, 7) is 5.82. The molecule has 0 bridgehead atoms.